The molecule has 72 valence electrons. The lowest BCUT2D eigenvalue weighted by Crippen LogP contribution is -2.01. The van der Waals surface area contributed by atoms with Crippen molar-refractivity contribution >= 4 is 0 Å². The summed E-state index contributed by atoms with van der Waals surface area (Å²) in [6.07, 6.45) is 0. The van der Waals surface area contributed by atoms with Crippen LogP contribution in [0.1, 0.15) is 5.56 Å². The molecule has 0 unspecified atom stereocenters. The number of rotatable bonds is 4. The second kappa shape index (κ2) is 4.69. The Labute approximate surface area is 76.0 Å². The van der Waals surface area contributed by atoms with Crippen molar-refractivity contribution in [3.63, 3.8) is 0 Å². The average molecular weight is 184 g/mol. The van der Waals surface area contributed by atoms with Crippen LogP contribution in [-0.2, 0) is 6.61 Å². The van der Waals surface area contributed by atoms with Crippen LogP contribution in [0.25, 0.3) is 0 Å². The van der Waals surface area contributed by atoms with Gasteiger partial charge in [-0.25, -0.2) is 0 Å². The van der Waals surface area contributed by atoms with Gasteiger partial charge >= 0.3 is 0 Å². The van der Waals surface area contributed by atoms with Crippen LogP contribution in [-0.4, -0.2) is 28.5 Å². The zero-order valence-corrected chi connectivity index (χ0v) is 7.10. The Kier molecular flexibility index (Phi) is 3.54. The van der Waals surface area contributed by atoms with Crippen LogP contribution >= 0.6 is 0 Å². The second-order valence-corrected chi connectivity index (χ2v) is 2.52. The number of aliphatic hydroxyl groups excluding tert-OH is 2. The highest BCUT2D eigenvalue weighted by molar-refractivity contribution is 5.38. The Morgan fingerprint density at radius 2 is 2.00 bits per heavy atom. The topological polar surface area (TPSA) is 69.9 Å². The minimum absolute atomic E-state index is 0.0406. The van der Waals surface area contributed by atoms with Gasteiger partial charge in [-0.3, -0.25) is 0 Å². The van der Waals surface area contributed by atoms with E-state index in [4.69, 9.17) is 14.9 Å². The summed E-state index contributed by atoms with van der Waals surface area (Å²) < 4.78 is 5.08. The maximum atomic E-state index is 9.20. The molecule has 1 aromatic carbocycles. The van der Waals surface area contributed by atoms with Crippen molar-refractivity contribution in [2.45, 2.75) is 6.61 Å². The number of benzene rings is 1. The van der Waals surface area contributed by atoms with E-state index in [9.17, 15) is 5.11 Å². The highest BCUT2D eigenvalue weighted by atomic mass is 16.5. The first kappa shape index (κ1) is 9.83. The van der Waals surface area contributed by atoms with E-state index in [1.807, 2.05) is 0 Å². The average Bonchev–Trinajstić information content (AvgIpc) is 2.16. The summed E-state index contributed by atoms with van der Waals surface area (Å²) in [6.45, 7) is -0.0901. The normalized spacial score (nSPS) is 10.0. The minimum Gasteiger partial charge on any atom is -0.508 e. The van der Waals surface area contributed by atoms with Gasteiger partial charge in [0.05, 0.1) is 13.2 Å². The molecule has 0 fully saturated rings. The van der Waals surface area contributed by atoms with Gasteiger partial charge in [0, 0.05) is 5.56 Å². The lowest BCUT2D eigenvalue weighted by atomic mass is 10.2. The summed E-state index contributed by atoms with van der Waals surface area (Å²) >= 11 is 0. The van der Waals surface area contributed by atoms with Crippen molar-refractivity contribution in [2.75, 3.05) is 13.2 Å². The third-order valence-corrected chi connectivity index (χ3v) is 1.58. The van der Waals surface area contributed by atoms with Gasteiger partial charge in [-0.1, -0.05) is 0 Å². The first-order valence-corrected chi connectivity index (χ1v) is 3.94. The Morgan fingerprint density at radius 3 is 2.62 bits per heavy atom. The lowest BCUT2D eigenvalue weighted by Gasteiger charge is -2.06. The number of hydrogen-bond acceptors (Lipinski definition) is 4. The maximum absolute atomic E-state index is 9.20. The number of hydrogen-bond donors (Lipinski definition) is 3. The van der Waals surface area contributed by atoms with E-state index in [1.165, 1.54) is 12.1 Å². The van der Waals surface area contributed by atoms with E-state index in [0.717, 1.165) is 0 Å². The van der Waals surface area contributed by atoms with E-state index in [2.05, 4.69) is 0 Å². The second-order valence-electron chi connectivity index (χ2n) is 2.52. The van der Waals surface area contributed by atoms with Crippen LogP contribution in [0.2, 0.25) is 0 Å². The molecular formula is C9H12O4. The van der Waals surface area contributed by atoms with Gasteiger partial charge in [-0.2, -0.15) is 0 Å². The van der Waals surface area contributed by atoms with Gasteiger partial charge in [-0.15, -0.1) is 0 Å². The largest absolute Gasteiger partial charge is 0.508 e. The predicted octanol–water partition coefficient (Wildman–Crippen LogP) is 0.256. The molecule has 0 bridgehead atoms. The summed E-state index contributed by atoms with van der Waals surface area (Å²) in [5, 5.41) is 26.5. The molecule has 0 radical (unpaired) electrons. The molecule has 0 atom stereocenters. The molecule has 1 rings (SSSR count). The third-order valence-electron chi connectivity index (χ3n) is 1.58. The van der Waals surface area contributed by atoms with Crippen molar-refractivity contribution in [3.8, 4) is 11.5 Å². The van der Waals surface area contributed by atoms with Crippen molar-refractivity contribution < 1.29 is 20.1 Å². The van der Waals surface area contributed by atoms with Crippen LogP contribution < -0.4 is 4.74 Å². The van der Waals surface area contributed by atoms with Crippen LogP contribution in [0.5, 0.6) is 11.5 Å². The molecule has 0 aliphatic carbocycles. The quantitative estimate of drug-likeness (QED) is 0.627. The van der Waals surface area contributed by atoms with Crippen LogP contribution in [0.4, 0.5) is 0 Å². The molecule has 0 saturated heterocycles. The molecule has 0 amide bonds. The Bertz CT molecular complexity index is 272. The molecule has 0 spiro atoms. The molecule has 0 aliphatic rings. The van der Waals surface area contributed by atoms with E-state index < -0.39 is 0 Å². The SMILES string of the molecule is OCCOc1ccc(O)c(CO)c1. The van der Waals surface area contributed by atoms with Crippen molar-refractivity contribution in [3.05, 3.63) is 23.8 Å². The summed E-state index contributed by atoms with van der Waals surface area (Å²) in [5.41, 5.74) is 0.412. The molecule has 0 heterocycles. The van der Waals surface area contributed by atoms with Gasteiger partial charge in [-0.05, 0) is 18.2 Å². The number of aromatic hydroxyl groups is 1. The van der Waals surface area contributed by atoms with Crippen molar-refractivity contribution in [1.29, 1.82) is 0 Å². The van der Waals surface area contributed by atoms with Gasteiger partial charge in [0.15, 0.2) is 0 Å². The molecule has 4 nitrogen and oxygen atoms in total. The van der Waals surface area contributed by atoms with Gasteiger partial charge in [0.1, 0.15) is 18.1 Å². The predicted molar refractivity (Wildman–Crippen MR) is 46.6 cm³/mol. The van der Waals surface area contributed by atoms with E-state index in [1.54, 1.807) is 6.07 Å². The number of phenols is 1. The fourth-order valence-corrected chi connectivity index (χ4v) is 0.942. The van der Waals surface area contributed by atoms with Crippen LogP contribution in [0, 0.1) is 0 Å². The molecule has 13 heavy (non-hydrogen) atoms. The Hall–Kier alpha value is -1.26. The lowest BCUT2D eigenvalue weighted by molar-refractivity contribution is 0.200. The van der Waals surface area contributed by atoms with E-state index in [0.29, 0.717) is 11.3 Å². The van der Waals surface area contributed by atoms with Crippen LogP contribution in [0.15, 0.2) is 18.2 Å². The molecule has 0 saturated carbocycles. The third kappa shape index (κ3) is 2.61. The fraction of sp³-hybridized carbons (Fsp3) is 0.333. The summed E-state index contributed by atoms with van der Waals surface area (Å²) in [6, 6.07) is 4.55. The molecule has 3 N–H and O–H groups in total. The van der Waals surface area contributed by atoms with Gasteiger partial charge in [0.2, 0.25) is 0 Å². The molecule has 0 aromatic heterocycles. The highest BCUT2D eigenvalue weighted by Gasteiger charge is 2.01. The van der Waals surface area contributed by atoms with Crippen molar-refractivity contribution in [1.82, 2.24) is 0 Å². The Morgan fingerprint density at radius 1 is 1.23 bits per heavy atom. The number of aliphatic hydroxyl groups is 2. The molecular weight excluding hydrogens is 172 g/mol. The Balaban J connectivity index is 2.74. The summed E-state index contributed by atoms with van der Waals surface area (Å²) in [5.74, 6) is 0.565. The van der Waals surface area contributed by atoms with Crippen LogP contribution in [0.3, 0.4) is 0 Å². The van der Waals surface area contributed by atoms with E-state index >= 15 is 0 Å². The minimum atomic E-state index is -0.234. The summed E-state index contributed by atoms with van der Waals surface area (Å²) in [7, 11) is 0. The standard InChI is InChI=1S/C9H12O4/c10-3-4-13-8-1-2-9(12)7(5-8)6-11/h1-2,5,10-12H,3-4,6H2. The van der Waals surface area contributed by atoms with E-state index in [-0.39, 0.29) is 25.6 Å². The zero-order chi connectivity index (χ0) is 9.68. The first-order chi connectivity index (χ1) is 6.27. The fourth-order valence-electron chi connectivity index (χ4n) is 0.942. The molecule has 1 aromatic rings. The van der Waals surface area contributed by atoms with Crippen molar-refractivity contribution in [2.24, 2.45) is 0 Å². The molecule has 0 aliphatic heterocycles. The van der Waals surface area contributed by atoms with Gasteiger partial charge in [0.25, 0.3) is 0 Å². The van der Waals surface area contributed by atoms with Gasteiger partial charge < -0.3 is 20.1 Å². The first-order valence-electron chi connectivity index (χ1n) is 3.94. The zero-order valence-electron chi connectivity index (χ0n) is 7.10. The highest BCUT2D eigenvalue weighted by Crippen LogP contribution is 2.22. The number of ether oxygens (including phenoxy) is 1. The smallest absolute Gasteiger partial charge is 0.121 e. The summed E-state index contributed by atoms with van der Waals surface area (Å²) in [4.78, 5) is 0. The maximum Gasteiger partial charge on any atom is 0.121 e. The molecule has 4 heteroatoms. The monoisotopic (exact) mass is 184 g/mol.